The predicted molar refractivity (Wildman–Crippen MR) is 84.9 cm³/mol. The van der Waals surface area contributed by atoms with Crippen LogP contribution in [0.5, 0.6) is 17.2 Å². The van der Waals surface area contributed by atoms with Gasteiger partial charge in [0.15, 0.2) is 11.5 Å². The van der Waals surface area contributed by atoms with Crippen molar-refractivity contribution in [2.75, 3.05) is 26.6 Å². The van der Waals surface area contributed by atoms with E-state index in [-0.39, 0.29) is 0 Å². The van der Waals surface area contributed by atoms with Crippen LogP contribution >= 0.6 is 11.6 Å². The van der Waals surface area contributed by atoms with Gasteiger partial charge in [-0.3, -0.25) is 0 Å². The van der Waals surface area contributed by atoms with Crippen LogP contribution in [-0.4, -0.2) is 21.3 Å². The van der Waals surface area contributed by atoms with Crippen LogP contribution in [0.2, 0.25) is 5.02 Å². The summed E-state index contributed by atoms with van der Waals surface area (Å²) in [6.45, 7) is 0.598. The molecule has 2 aromatic rings. The minimum atomic E-state index is 0.522. The molecule has 21 heavy (non-hydrogen) atoms. The van der Waals surface area contributed by atoms with Gasteiger partial charge in [0.1, 0.15) is 5.75 Å². The highest BCUT2D eigenvalue weighted by molar-refractivity contribution is 6.32. The monoisotopic (exact) mass is 307 g/mol. The van der Waals surface area contributed by atoms with E-state index in [0.717, 1.165) is 17.0 Å². The van der Waals surface area contributed by atoms with Gasteiger partial charge < -0.3 is 19.5 Å². The van der Waals surface area contributed by atoms with Crippen LogP contribution in [0.25, 0.3) is 0 Å². The van der Waals surface area contributed by atoms with E-state index >= 15 is 0 Å². The molecule has 1 N–H and O–H groups in total. The van der Waals surface area contributed by atoms with E-state index in [2.05, 4.69) is 5.32 Å². The first kappa shape index (κ1) is 15.3. The molecule has 2 aromatic carbocycles. The lowest BCUT2D eigenvalue weighted by Gasteiger charge is -2.14. The van der Waals surface area contributed by atoms with Crippen LogP contribution < -0.4 is 19.5 Å². The first-order chi connectivity index (χ1) is 10.2. The van der Waals surface area contributed by atoms with Crippen molar-refractivity contribution in [1.29, 1.82) is 0 Å². The minimum Gasteiger partial charge on any atom is -0.495 e. The summed E-state index contributed by atoms with van der Waals surface area (Å²) in [5.41, 5.74) is 1.91. The molecule has 0 aliphatic rings. The number of hydrogen-bond donors (Lipinski definition) is 1. The molecule has 0 aromatic heterocycles. The van der Waals surface area contributed by atoms with Gasteiger partial charge in [-0.1, -0.05) is 23.7 Å². The highest BCUT2D eigenvalue weighted by Gasteiger charge is 2.11. The number of rotatable bonds is 6. The van der Waals surface area contributed by atoms with Gasteiger partial charge in [-0.25, -0.2) is 0 Å². The Bertz CT molecular complexity index is 616. The van der Waals surface area contributed by atoms with E-state index in [9.17, 15) is 0 Å². The molecule has 4 nitrogen and oxygen atoms in total. The van der Waals surface area contributed by atoms with Crippen molar-refractivity contribution in [1.82, 2.24) is 0 Å². The van der Waals surface area contributed by atoms with E-state index in [1.807, 2.05) is 36.4 Å². The number of benzene rings is 2. The van der Waals surface area contributed by atoms with E-state index in [4.69, 9.17) is 25.8 Å². The topological polar surface area (TPSA) is 39.7 Å². The summed E-state index contributed by atoms with van der Waals surface area (Å²) in [6.07, 6.45) is 0. The number of anilines is 1. The minimum absolute atomic E-state index is 0.522. The Hall–Kier alpha value is -2.07. The molecular formula is C16H18ClNO3. The van der Waals surface area contributed by atoms with Gasteiger partial charge in [0.2, 0.25) is 0 Å². The maximum atomic E-state index is 6.20. The molecule has 0 saturated heterocycles. The van der Waals surface area contributed by atoms with Crippen LogP contribution in [0.4, 0.5) is 5.69 Å². The second-order valence-electron chi connectivity index (χ2n) is 4.37. The third-order valence-corrected chi connectivity index (χ3v) is 3.36. The van der Waals surface area contributed by atoms with E-state index < -0.39 is 0 Å². The fraction of sp³-hybridized carbons (Fsp3) is 0.250. The SMILES string of the molecule is COc1ccccc1NCc1cc(Cl)c(OC)c(OC)c1. The summed E-state index contributed by atoms with van der Waals surface area (Å²) in [4.78, 5) is 0. The smallest absolute Gasteiger partial charge is 0.179 e. The van der Waals surface area contributed by atoms with E-state index in [0.29, 0.717) is 23.1 Å². The Morgan fingerprint density at radius 1 is 0.952 bits per heavy atom. The highest BCUT2D eigenvalue weighted by Crippen LogP contribution is 2.36. The molecule has 0 aliphatic heterocycles. The van der Waals surface area contributed by atoms with Crippen LogP contribution in [0, 0.1) is 0 Å². The molecule has 0 amide bonds. The molecule has 0 bridgehead atoms. The zero-order valence-corrected chi connectivity index (χ0v) is 13.0. The average Bonchev–Trinajstić information content (AvgIpc) is 2.52. The summed E-state index contributed by atoms with van der Waals surface area (Å²) in [6, 6.07) is 11.5. The van der Waals surface area contributed by atoms with Gasteiger partial charge in [-0.05, 0) is 29.8 Å². The fourth-order valence-corrected chi connectivity index (χ4v) is 2.37. The molecule has 0 saturated carbocycles. The largest absolute Gasteiger partial charge is 0.495 e. The Balaban J connectivity index is 2.18. The fourth-order valence-electron chi connectivity index (χ4n) is 2.06. The Morgan fingerprint density at radius 2 is 1.67 bits per heavy atom. The Labute approximate surface area is 129 Å². The molecule has 112 valence electrons. The summed E-state index contributed by atoms with van der Waals surface area (Å²) in [7, 11) is 4.80. The number of hydrogen-bond acceptors (Lipinski definition) is 4. The molecule has 0 spiro atoms. The lowest BCUT2D eigenvalue weighted by atomic mass is 10.2. The van der Waals surface area contributed by atoms with Gasteiger partial charge in [-0.2, -0.15) is 0 Å². The molecular weight excluding hydrogens is 290 g/mol. The molecule has 0 radical (unpaired) electrons. The van der Waals surface area contributed by atoms with Crippen molar-refractivity contribution < 1.29 is 14.2 Å². The zero-order chi connectivity index (χ0) is 15.2. The van der Waals surface area contributed by atoms with Gasteiger partial charge >= 0.3 is 0 Å². The molecule has 2 rings (SSSR count). The molecule has 0 heterocycles. The molecule has 0 atom stereocenters. The van der Waals surface area contributed by atoms with Crippen LogP contribution in [0.15, 0.2) is 36.4 Å². The third-order valence-electron chi connectivity index (χ3n) is 3.08. The zero-order valence-electron chi connectivity index (χ0n) is 12.3. The van der Waals surface area contributed by atoms with E-state index in [1.54, 1.807) is 21.3 Å². The van der Waals surface area contributed by atoms with Gasteiger partial charge in [0.25, 0.3) is 0 Å². The second kappa shape index (κ2) is 7.09. The summed E-state index contributed by atoms with van der Waals surface area (Å²) in [5.74, 6) is 1.95. The standard InChI is InChI=1S/C16H18ClNO3/c1-19-14-7-5-4-6-13(14)18-10-11-8-12(17)16(21-3)15(9-11)20-2/h4-9,18H,10H2,1-3H3. The van der Waals surface area contributed by atoms with Gasteiger partial charge in [0, 0.05) is 6.54 Å². The third kappa shape index (κ3) is 3.52. The number of halogens is 1. The molecule has 0 aliphatic carbocycles. The summed E-state index contributed by atoms with van der Waals surface area (Å²) in [5, 5.41) is 3.84. The van der Waals surface area contributed by atoms with Crippen LogP contribution in [-0.2, 0) is 6.54 Å². The number of ether oxygens (including phenoxy) is 3. The van der Waals surface area contributed by atoms with Crippen molar-refractivity contribution in [2.24, 2.45) is 0 Å². The predicted octanol–water partition coefficient (Wildman–Crippen LogP) is 3.98. The summed E-state index contributed by atoms with van der Waals surface area (Å²) < 4.78 is 15.8. The quantitative estimate of drug-likeness (QED) is 0.876. The first-order valence-electron chi connectivity index (χ1n) is 6.47. The van der Waals surface area contributed by atoms with Crippen molar-refractivity contribution in [3.05, 3.63) is 47.0 Å². The van der Waals surface area contributed by atoms with E-state index in [1.165, 1.54) is 0 Å². The second-order valence-corrected chi connectivity index (χ2v) is 4.77. The van der Waals surface area contributed by atoms with Crippen LogP contribution in [0.1, 0.15) is 5.56 Å². The number of para-hydroxylation sites is 2. The first-order valence-corrected chi connectivity index (χ1v) is 6.84. The number of methoxy groups -OCH3 is 3. The Morgan fingerprint density at radius 3 is 2.33 bits per heavy atom. The summed E-state index contributed by atoms with van der Waals surface area (Å²) >= 11 is 6.20. The number of nitrogens with one attached hydrogen (secondary N) is 1. The maximum Gasteiger partial charge on any atom is 0.179 e. The van der Waals surface area contributed by atoms with Crippen LogP contribution in [0.3, 0.4) is 0 Å². The highest BCUT2D eigenvalue weighted by atomic mass is 35.5. The normalized spacial score (nSPS) is 10.1. The van der Waals surface area contributed by atoms with Crippen molar-refractivity contribution in [2.45, 2.75) is 6.54 Å². The Kier molecular flexibility index (Phi) is 5.17. The lowest BCUT2D eigenvalue weighted by molar-refractivity contribution is 0.355. The van der Waals surface area contributed by atoms with Crippen molar-refractivity contribution in [3.63, 3.8) is 0 Å². The molecule has 0 fully saturated rings. The molecule has 5 heteroatoms. The van der Waals surface area contributed by atoms with Gasteiger partial charge in [0.05, 0.1) is 32.0 Å². The van der Waals surface area contributed by atoms with Crippen molar-refractivity contribution in [3.8, 4) is 17.2 Å². The lowest BCUT2D eigenvalue weighted by Crippen LogP contribution is -2.02. The molecule has 0 unspecified atom stereocenters. The van der Waals surface area contributed by atoms with Gasteiger partial charge in [-0.15, -0.1) is 0 Å². The average molecular weight is 308 g/mol. The maximum absolute atomic E-state index is 6.20. The van der Waals surface area contributed by atoms with Crippen molar-refractivity contribution >= 4 is 17.3 Å².